The third-order valence-electron chi connectivity index (χ3n) is 4.83. The summed E-state index contributed by atoms with van der Waals surface area (Å²) in [5, 5.41) is 3.61. The molecule has 2 atom stereocenters. The molecule has 0 heterocycles. The van der Waals surface area contributed by atoms with Crippen molar-refractivity contribution in [2.24, 2.45) is 5.92 Å². The first-order chi connectivity index (χ1) is 10.2. The van der Waals surface area contributed by atoms with Gasteiger partial charge in [0, 0.05) is 13.2 Å². The zero-order valence-corrected chi connectivity index (χ0v) is 14.9. The van der Waals surface area contributed by atoms with E-state index in [1.165, 1.54) is 70.6 Å². The Labute approximate surface area is 133 Å². The Hall–Kier alpha value is -0.0800. The van der Waals surface area contributed by atoms with Gasteiger partial charge in [-0.1, -0.05) is 65.7 Å². The van der Waals surface area contributed by atoms with Crippen LogP contribution in [-0.2, 0) is 4.74 Å². The molecule has 0 radical (unpaired) electrons. The zero-order valence-electron chi connectivity index (χ0n) is 14.9. The average Bonchev–Trinajstić information content (AvgIpc) is 2.47. The summed E-state index contributed by atoms with van der Waals surface area (Å²) >= 11 is 0. The van der Waals surface area contributed by atoms with Crippen molar-refractivity contribution in [1.82, 2.24) is 5.32 Å². The highest BCUT2D eigenvalue weighted by Gasteiger charge is 2.35. The topological polar surface area (TPSA) is 21.3 Å². The van der Waals surface area contributed by atoms with E-state index in [4.69, 9.17) is 4.74 Å². The Morgan fingerprint density at radius 2 is 1.81 bits per heavy atom. The van der Waals surface area contributed by atoms with E-state index < -0.39 is 0 Å². The molecular formula is C19H39NO. The number of unbranched alkanes of at least 4 members (excludes halogenated alkanes) is 5. The second-order valence-electron chi connectivity index (χ2n) is 7.18. The normalized spacial score (nSPS) is 26.1. The molecular weight excluding hydrogens is 258 g/mol. The molecule has 1 aliphatic rings. The van der Waals surface area contributed by atoms with Crippen LogP contribution >= 0.6 is 0 Å². The fourth-order valence-corrected chi connectivity index (χ4v) is 3.62. The minimum absolute atomic E-state index is 0.135. The minimum atomic E-state index is 0.135. The predicted molar refractivity (Wildman–Crippen MR) is 92.9 cm³/mol. The van der Waals surface area contributed by atoms with E-state index in [2.05, 4.69) is 26.1 Å². The van der Waals surface area contributed by atoms with E-state index in [1.54, 1.807) is 0 Å². The van der Waals surface area contributed by atoms with Gasteiger partial charge in [0.15, 0.2) is 0 Å². The molecule has 1 N–H and O–H groups in total. The highest BCUT2D eigenvalue weighted by Crippen LogP contribution is 2.35. The number of hydrogen-bond donors (Lipinski definition) is 1. The molecule has 0 aromatic rings. The van der Waals surface area contributed by atoms with Crippen molar-refractivity contribution in [2.75, 3.05) is 19.7 Å². The monoisotopic (exact) mass is 297 g/mol. The largest absolute Gasteiger partial charge is 0.374 e. The van der Waals surface area contributed by atoms with Gasteiger partial charge in [0.2, 0.25) is 0 Å². The van der Waals surface area contributed by atoms with Crippen LogP contribution in [0.2, 0.25) is 0 Å². The van der Waals surface area contributed by atoms with Crippen molar-refractivity contribution in [3.8, 4) is 0 Å². The average molecular weight is 298 g/mol. The molecule has 1 fully saturated rings. The first-order valence-electron chi connectivity index (χ1n) is 9.57. The van der Waals surface area contributed by atoms with Gasteiger partial charge in [-0.3, -0.25) is 0 Å². The van der Waals surface area contributed by atoms with Crippen molar-refractivity contribution < 1.29 is 4.74 Å². The molecule has 1 rings (SSSR count). The Morgan fingerprint density at radius 3 is 2.52 bits per heavy atom. The van der Waals surface area contributed by atoms with Gasteiger partial charge in [-0.25, -0.2) is 0 Å². The smallest absolute Gasteiger partial charge is 0.0808 e. The maximum absolute atomic E-state index is 6.43. The minimum Gasteiger partial charge on any atom is -0.374 e. The van der Waals surface area contributed by atoms with Crippen molar-refractivity contribution in [1.29, 1.82) is 0 Å². The number of rotatable bonds is 12. The molecule has 0 bridgehead atoms. The van der Waals surface area contributed by atoms with Crippen LogP contribution in [0.3, 0.4) is 0 Å². The molecule has 1 aliphatic carbocycles. The first kappa shape index (κ1) is 19.0. The molecule has 0 amide bonds. The molecule has 126 valence electrons. The summed E-state index contributed by atoms with van der Waals surface area (Å²) in [7, 11) is 0. The molecule has 0 aromatic heterocycles. The van der Waals surface area contributed by atoms with Crippen molar-refractivity contribution >= 4 is 0 Å². The molecule has 0 saturated heterocycles. The summed E-state index contributed by atoms with van der Waals surface area (Å²) in [5.74, 6) is 0.826. The quantitative estimate of drug-likeness (QED) is 0.493. The van der Waals surface area contributed by atoms with Crippen LogP contribution in [0.5, 0.6) is 0 Å². The Morgan fingerprint density at radius 1 is 1.05 bits per heavy atom. The molecule has 0 aromatic carbocycles. The SMILES string of the molecule is CCCCCCCCOC1(CNCCC)CCCC(C)C1. The van der Waals surface area contributed by atoms with E-state index in [0.717, 1.165) is 25.6 Å². The Bertz CT molecular complexity index is 244. The van der Waals surface area contributed by atoms with Gasteiger partial charge in [-0.15, -0.1) is 0 Å². The van der Waals surface area contributed by atoms with Gasteiger partial charge in [0.1, 0.15) is 0 Å². The number of hydrogen-bond acceptors (Lipinski definition) is 2. The maximum atomic E-state index is 6.43. The van der Waals surface area contributed by atoms with Gasteiger partial charge < -0.3 is 10.1 Å². The van der Waals surface area contributed by atoms with E-state index in [0.29, 0.717) is 0 Å². The summed E-state index contributed by atoms with van der Waals surface area (Å²) in [6, 6.07) is 0. The van der Waals surface area contributed by atoms with Gasteiger partial charge in [0.05, 0.1) is 5.60 Å². The molecule has 2 heteroatoms. The summed E-state index contributed by atoms with van der Waals surface area (Å²) in [6.45, 7) is 10.0. The van der Waals surface area contributed by atoms with Crippen molar-refractivity contribution in [3.63, 3.8) is 0 Å². The summed E-state index contributed by atoms with van der Waals surface area (Å²) in [5.41, 5.74) is 0.135. The number of ether oxygens (including phenoxy) is 1. The third-order valence-corrected chi connectivity index (χ3v) is 4.83. The first-order valence-corrected chi connectivity index (χ1v) is 9.57. The molecule has 2 nitrogen and oxygen atoms in total. The second-order valence-corrected chi connectivity index (χ2v) is 7.18. The van der Waals surface area contributed by atoms with Crippen LogP contribution in [-0.4, -0.2) is 25.3 Å². The Kier molecular flexibility index (Phi) is 10.4. The van der Waals surface area contributed by atoms with E-state index in [-0.39, 0.29) is 5.60 Å². The van der Waals surface area contributed by atoms with Gasteiger partial charge >= 0.3 is 0 Å². The van der Waals surface area contributed by atoms with Gasteiger partial charge in [-0.05, 0) is 38.1 Å². The van der Waals surface area contributed by atoms with Crippen LogP contribution in [0, 0.1) is 5.92 Å². The summed E-state index contributed by atoms with van der Waals surface area (Å²) in [4.78, 5) is 0. The highest BCUT2D eigenvalue weighted by molar-refractivity contribution is 4.89. The van der Waals surface area contributed by atoms with Gasteiger partial charge in [-0.2, -0.15) is 0 Å². The predicted octanol–water partition coefficient (Wildman–Crippen LogP) is 5.31. The van der Waals surface area contributed by atoms with Crippen molar-refractivity contribution in [2.45, 2.75) is 97.0 Å². The Balaban J connectivity index is 2.25. The lowest BCUT2D eigenvalue weighted by molar-refractivity contribution is -0.0803. The summed E-state index contributed by atoms with van der Waals surface area (Å²) in [6.07, 6.45) is 14.5. The zero-order chi connectivity index (χ0) is 15.4. The summed E-state index contributed by atoms with van der Waals surface area (Å²) < 4.78 is 6.43. The second kappa shape index (κ2) is 11.5. The van der Waals surface area contributed by atoms with E-state index >= 15 is 0 Å². The van der Waals surface area contributed by atoms with E-state index in [1.807, 2.05) is 0 Å². The molecule has 21 heavy (non-hydrogen) atoms. The lowest BCUT2D eigenvalue weighted by Crippen LogP contribution is -2.46. The standard InChI is InChI=1S/C19H39NO/c1-4-6-7-8-9-10-15-21-19(17-20-14-5-2)13-11-12-18(3)16-19/h18,20H,4-17H2,1-3H3. The van der Waals surface area contributed by atoms with Crippen molar-refractivity contribution in [3.05, 3.63) is 0 Å². The van der Waals surface area contributed by atoms with Crippen LogP contribution in [0.1, 0.15) is 91.4 Å². The fourth-order valence-electron chi connectivity index (χ4n) is 3.62. The van der Waals surface area contributed by atoms with Gasteiger partial charge in [0.25, 0.3) is 0 Å². The number of nitrogens with one attached hydrogen (secondary N) is 1. The fraction of sp³-hybridized carbons (Fsp3) is 1.00. The molecule has 1 saturated carbocycles. The molecule has 0 spiro atoms. The lowest BCUT2D eigenvalue weighted by atomic mass is 9.78. The molecule has 0 aliphatic heterocycles. The highest BCUT2D eigenvalue weighted by atomic mass is 16.5. The van der Waals surface area contributed by atoms with E-state index in [9.17, 15) is 0 Å². The van der Waals surface area contributed by atoms with Crippen LogP contribution in [0.15, 0.2) is 0 Å². The maximum Gasteiger partial charge on any atom is 0.0808 e. The van der Waals surface area contributed by atoms with Crippen LogP contribution in [0.25, 0.3) is 0 Å². The third kappa shape index (κ3) is 8.21. The van der Waals surface area contributed by atoms with Crippen LogP contribution < -0.4 is 5.32 Å². The van der Waals surface area contributed by atoms with Crippen LogP contribution in [0.4, 0.5) is 0 Å². The molecule has 2 unspecified atom stereocenters. The lowest BCUT2D eigenvalue weighted by Gasteiger charge is -2.40.